The molecule has 94 valence electrons. The van der Waals surface area contributed by atoms with Gasteiger partial charge in [-0.05, 0) is 18.9 Å². The summed E-state index contributed by atoms with van der Waals surface area (Å²) >= 11 is 0. The molecule has 0 heterocycles. The van der Waals surface area contributed by atoms with Crippen molar-refractivity contribution in [1.29, 1.82) is 0 Å². The molecular formula is C13H19NO3. The summed E-state index contributed by atoms with van der Waals surface area (Å²) < 4.78 is 4.92. The summed E-state index contributed by atoms with van der Waals surface area (Å²) in [6.45, 7) is 4.50. The van der Waals surface area contributed by atoms with Crippen molar-refractivity contribution in [2.75, 3.05) is 6.61 Å². The van der Waals surface area contributed by atoms with Crippen molar-refractivity contribution in [3.05, 3.63) is 35.9 Å². The maximum atomic E-state index is 11.5. The summed E-state index contributed by atoms with van der Waals surface area (Å²) in [6, 6.07) is 9.37. The molecule has 4 nitrogen and oxygen atoms in total. The van der Waals surface area contributed by atoms with E-state index in [4.69, 9.17) is 9.57 Å². The third-order valence-corrected chi connectivity index (χ3v) is 2.29. The second-order valence-corrected chi connectivity index (χ2v) is 3.61. The van der Waals surface area contributed by atoms with E-state index in [0.717, 1.165) is 5.56 Å². The molecule has 1 N–H and O–H groups in total. The first-order chi connectivity index (χ1) is 8.27. The van der Waals surface area contributed by atoms with Gasteiger partial charge in [0.1, 0.15) is 6.04 Å². The highest BCUT2D eigenvalue weighted by Crippen LogP contribution is 2.01. The van der Waals surface area contributed by atoms with Crippen LogP contribution < -0.4 is 5.48 Å². The molecule has 0 aliphatic rings. The Hall–Kier alpha value is -1.39. The fraction of sp³-hybridized carbons (Fsp3) is 0.462. The molecule has 17 heavy (non-hydrogen) atoms. The molecule has 1 rings (SSSR count). The first-order valence-corrected chi connectivity index (χ1v) is 5.85. The van der Waals surface area contributed by atoms with Crippen molar-refractivity contribution in [1.82, 2.24) is 5.48 Å². The van der Waals surface area contributed by atoms with Gasteiger partial charge in [-0.3, -0.25) is 9.63 Å². The van der Waals surface area contributed by atoms with Crippen LogP contribution in [-0.4, -0.2) is 18.6 Å². The zero-order valence-electron chi connectivity index (χ0n) is 10.3. The van der Waals surface area contributed by atoms with Gasteiger partial charge in [-0.1, -0.05) is 37.3 Å². The fourth-order valence-electron chi connectivity index (χ4n) is 1.34. The average Bonchev–Trinajstić information content (AvgIpc) is 2.36. The summed E-state index contributed by atoms with van der Waals surface area (Å²) in [5, 5.41) is 0. The van der Waals surface area contributed by atoms with Crippen molar-refractivity contribution in [2.45, 2.75) is 32.9 Å². The minimum Gasteiger partial charge on any atom is -0.465 e. The third kappa shape index (κ3) is 4.97. The van der Waals surface area contributed by atoms with Crippen LogP contribution >= 0.6 is 0 Å². The zero-order chi connectivity index (χ0) is 12.5. The van der Waals surface area contributed by atoms with Crippen LogP contribution in [0.5, 0.6) is 0 Å². The van der Waals surface area contributed by atoms with E-state index in [0.29, 0.717) is 19.6 Å². The lowest BCUT2D eigenvalue weighted by Gasteiger charge is -2.15. The number of hydrogen-bond acceptors (Lipinski definition) is 4. The minimum atomic E-state index is -0.404. The Bertz CT molecular complexity index is 327. The van der Waals surface area contributed by atoms with E-state index in [9.17, 15) is 4.79 Å². The first-order valence-electron chi connectivity index (χ1n) is 5.85. The Kier molecular flexibility index (Phi) is 6.29. The second kappa shape index (κ2) is 7.81. The molecule has 1 unspecified atom stereocenters. The van der Waals surface area contributed by atoms with Gasteiger partial charge in [0, 0.05) is 0 Å². The van der Waals surface area contributed by atoms with E-state index in [1.165, 1.54) is 0 Å². The summed E-state index contributed by atoms with van der Waals surface area (Å²) in [5.41, 5.74) is 3.78. The number of rotatable bonds is 7. The highest BCUT2D eigenvalue weighted by atomic mass is 16.6. The summed E-state index contributed by atoms with van der Waals surface area (Å²) in [7, 11) is 0. The monoisotopic (exact) mass is 237 g/mol. The molecule has 0 bridgehead atoms. The van der Waals surface area contributed by atoms with Gasteiger partial charge < -0.3 is 4.74 Å². The lowest BCUT2D eigenvalue weighted by atomic mass is 10.2. The Balaban J connectivity index is 2.31. The molecule has 1 atom stereocenters. The topological polar surface area (TPSA) is 47.6 Å². The van der Waals surface area contributed by atoms with E-state index < -0.39 is 6.04 Å². The molecule has 0 aliphatic carbocycles. The van der Waals surface area contributed by atoms with E-state index in [1.807, 2.05) is 37.3 Å². The van der Waals surface area contributed by atoms with Crippen molar-refractivity contribution >= 4 is 5.97 Å². The van der Waals surface area contributed by atoms with Crippen molar-refractivity contribution < 1.29 is 14.4 Å². The number of esters is 1. The third-order valence-electron chi connectivity index (χ3n) is 2.29. The smallest absolute Gasteiger partial charge is 0.325 e. The minimum absolute atomic E-state index is 0.275. The number of hydrogen-bond donors (Lipinski definition) is 1. The van der Waals surface area contributed by atoms with Crippen LogP contribution in [0, 0.1) is 0 Å². The molecule has 1 aromatic carbocycles. The highest BCUT2D eigenvalue weighted by molar-refractivity contribution is 5.75. The van der Waals surface area contributed by atoms with Crippen LogP contribution in [-0.2, 0) is 21.0 Å². The molecule has 0 amide bonds. The standard InChI is InChI=1S/C13H19NO3/c1-3-12(13(15)16-4-2)14-17-10-11-8-6-5-7-9-11/h5-9,12,14H,3-4,10H2,1-2H3. The van der Waals surface area contributed by atoms with E-state index in [2.05, 4.69) is 5.48 Å². The maximum Gasteiger partial charge on any atom is 0.325 e. The van der Waals surface area contributed by atoms with Crippen LogP contribution in [0.15, 0.2) is 30.3 Å². The van der Waals surface area contributed by atoms with E-state index in [1.54, 1.807) is 6.92 Å². The predicted molar refractivity (Wildman–Crippen MR) is 65.1 cm³/mol. The fourth-order valence-corrected chi connectivity index (χ4v) is 1.34. The van der Waals surface area contributed by atoms with Gasteiger partial charge in [0.05, 0.1) is 13.2 Å². The van der Waals surface area contributed by atoms with Crippen LogP contribution in [0.1, 0.15) is 25.8 Å². The SMILES string of the molecule is CCOC(=O)C(CC)NOCc1ccccc1. The number of nitrogens with one attached hydrogen (secondary N) is 1. The number of hydroxylamine groups is 1. The number of carbonyl (C=O) groups excluding carboxylic acids is 1. The van der Waals surface area contributed by atoms with Crippen LogP contribution in [0.4, 0.5) is 0 Å². The second-order valence-electron chi connectivity index (χ2n) is 3.61. The lowest BCUT2D eigenvalue weighted by molar-refractivity contribution is -0.150. The number of benzene rings is 1. The Morgan fingerprint density at radius 3 is 2.59 bits per heavy atom. The predicted octanol–water partition coefficient (Wildman–Crippen LogP) is 2.05. The van der Waals surface area contributed by atoms with Crippen molar-refractivity contribution in [3.63, 3.8) is 0 Å². The van der Waals surface area contributed by atoms with E-state index >= 15 is 0 Å². The number of ether oxygens (including phenoxy) is 1. The first kappa shape index (κ1) is 13.7. The van der Waals surface area contributed by atoms with Crippen LogP contribution in [0.3, 0.4) is 0 Å². The van der Waals surface area contributed by atoms with Gasteiger partial charge in [-0.15, -0.1) is 0 Å². The Morgan fingerprint density at radius 2 is 2.00 bits per heavy atom. The van der Waals surface area contributed by atoms with Crippen LogP contribution in [0.25, 0.3) is 0 Å². The van der Waals surface area contributed by atoms with E-state index in [-0.39, 0.29) is 5.97 Å². The molecule has 0 fully saturated rings. The normalized spacial score (nSPS) is 12.1. The molecule has 0 saturated carbocycles. The van der Waals surface area contributed by atoms with Gasteiger partial charge in [0.15, 0.2) is 0 Å². The molecule has 0 spiro atoms. The summed E-state index contributed by atoms with van der Waals surface area (Å²) in [5.74, 6) is -0.275. The molecule has 0 aromatic heterocycles. The Morgan fingerprint density at radius 1 is 1.29 bits per heavy atom. The molecule has 1 aromatic rings. The van der Waals surface area contributed by atoms with Gasteiger partial charge >= 0.3 is 5.97 Å². The van der Waals surface area contributed by atoms with Crippen LogP contribution in [0.2, 0.25) is 0 Å². The van der Waals surface area contributed by atoms with Gasteiger partial charge in [-0.2, -0.15) is 5.48 Å². The molecule has 0 saturated heterocycles. The summed E-state index contributed by atoms with van der Waals surface area (Å²) in [4.78, 5) is 16.7. The van der Waals surface area contributed by atoms with Gasteiger partial charge in [0.2, 0.25) is 0 Å². The highest BCUT2D eigenvalue weighted by Gasteiger charge is 2.17. The lowest BCUT2D eigenvalue weighted by Crippen LogP contribution is -2.37. The number of carbonyl (C=O) groups is 1. The summed E-state index contributed by atoms with van der Waals surface area (Å²) in [6.07, 6.45) is 0.633. The molecular weight excluding hydrogens is 218 g/mol. The molecule has 0 radical (unpaired) electrons. The van der Waals surface area contributed by atoms with Gasteiger partial charge in [0.25, 0.3) is 0 Å². The maximum absolute atomic E-state index is 11.5. The van der Waals surface area contributed by atoms with Gasteiger partial charge in [-0.25, -0.2) is 0 Å². The largest absolute Gasteiger partial charge is 0.465 e. The average molecular weight is 237 g/mol. The molecule has 4 heteroatoms. The van der Waals surface area contributed by atoms with Crippen molar-refractivity contribution in [3.8, 4) is 0 Å². The quantitative estimate of drug-likeness (QED) is 0.582. The molecule has 0 aliphatic heterocycles. The van der Waals surface area contributed by atoms with Crippen molar-refractivity contribution in [2.24, 2.45) is 0 Å². The zero-order valence-corrected chi connectivity index (χ0v) is 10.3. The Labute approximate surface area is 102 Å².